The van der Waals surface area contributed by atoms with Gasteiger partial charge in [0.15, 0.2) is 0 Å². The van der Waals surface area contributed by atoms with E-state index in [1.165, 1.54) is 0 Å². The zero-order valence-corrected chi connectivity index (χ0v) is 16.1. The molecule has 0 spiro atoms. The maximum atomic E-state index is 11.9. The van der Waals surface area contributed by atoms with Gasteiger partial charge in [0.1, 0.15) is 12.6 Å². The fourth-order valence-corrected chi connectivity index (χ4v) is 2.33. The van der Waals surface area contributed by atoms with Crippen LogP contribution >= 0.6 is 0 Å². The van der Waals surface area contributed by atoms with Crippen molar-refractivity contribution >= 4 is 11.8 Å². The van der Waals surface area contributed by atoms with E-state index in [-0.39, 0.29) is 24.1 Å². The molecule has 7 heteroatoms. The van der Waals surface area contributed by atoms with Gasteiger partial charge in [0, 0.05) is 5.56 Å². The van der Waals surface area contributed by atoms with Gasteiger partial charge in [-0.1, -0.05) is 43.9 Å². The van der Waals surface area contributed by atoms with Crippen LogP contribution in [0.5, 0.6) is 0 Å². The van der Waals surface area contributed by atoms with E-state index in [0.717, 1.165) is 5.56 Å². The lowest BCUT2D eigenvalue weighted by Crippen LogP contribution is -2.43. The first-order valence-electron chi connectivity index (χ1n) is 8.96. The van der Waals surface area contributed by atoms with E-state index in [0.29, 0.717) is 6.42 Å². The van der Waals surface area contributed by atoms with Crippen molar-refractivity contribution in [2.45, 2.75) is 38.8 Å². The van der Waals surface area contributed by atoms with Crippen LogP contribution in [0.25, 0.3) is 0 Å². The summed E-state index contributed by atoms with van der Waals surface area (Å²) in [6.07, 6.45) is -1.66. The number of carbonyl (C=O) groups is 2. The van der Waals surface area contributed by atoms with Gasteiger partial charge >= 0.3 is 0 Å². The van der Waals surface area contributed by atoms with Crippen LogP contribution in [-0.4, -0.2) is 57.6 Å². The number of nitrogens with one attached hydrogen (secondary N) is 1. The molecule has 2 atom stereocenters. The van der Waals surface area contributed by atoms with Gasteiger partial charge in [-0.25, -0.2) is 5.06 Å². The number of benzene rings is 1. The number of hydrogen-bond acceptors (Lipinski definition) is 5. The van der Waals surface area contributed by atoms with Gasteiger partial charge in [0.25, 0.3) is 5.91 Å². The largest absolute Gasteiger partial charge is 0.394 e. The zero-order chi connectivity index (χ0) is 20.9. The molecular formula is C21H26N2O5. The quantitative estimate of drug-likeness (QED) is 0.296. The Morgan fingerprint density at radius 1 is 1.18 bits per heavy atom. The van der Waals surface area contributed by atoms with E-state index in [9.17, 15) is 25.0 Å². The molecule has 0 fully saturated rings. The molecule has 0 heterocycles. The minimum Gasteiger partial charge on any atom is -0.394 e. The number of aliphatic hydroxyl groups is 2. The first-order chi connectivity index (χ1) is 13.3. The standard InChI is InChI=1S/C21H26N2O5/c1-16(2)13-18(15-24)22-20(26)14-19(25)21(27)23(28)12-8-4-7-11-17-9-5-3-6-10-17/h3,5-6,9-10,16,18-19,24-25,28H,12-15H2,1-2H3,(H,22,26). The molecule has 1 rings (SSSR count). The summed E-state index contributed by atoms with van der Waals surface area (Å²) in [6, 6.07) is 8.74. The minimum absolute atomic E-state index is 0.236. The first kappa shape index (κ1) is 23.2. The molecule has 28 heavy (non-hydrogen) atoms. The molecule has 1 aromatic carbocycles. The molecule has 0 aliphatic rings. The Kier molecular flexibility index (Phi) is 10.4. The van der Waals surface area contributed by atoms with Gasteiger partial charge in [-0.2, -0.15) is 0 Å². The molecule has 7 nitrogen and oxygen atoms in total. The number of aliphatic hydroxyl groups excluding tert-OH is 2. The summed E-state index contributed by atoms with van der Waals surface area (Å²) in [7, 11) is 0. The van der Waals surface area contributed by atoms with Crippen LogP contribution in [0.1, 0.15) is 32.3 Å². The van der Waals surface area contributed by atoms with E-state index in [2.05, 4.69) is 29.0 Å². The summed E-state index contributed by atoms with van der Waals surface area (Å²) in [4.78, 5) is 23.8. The summed E-state index contributed by atoms with van der Waals surface area (Å²) >= 11 is 0. The molecule has 0 radical (unpaired) electrons. The second kappa shape index (κ2) is 12.5. The van der Waals surface area contributed by atoms with Crippen molar-refractivity contribution in [2.75, 3.05) is 13.2 Å². The van der Waals surface area contributed by atoms with Gasteiger partial charge in [-0.05, 0) is 36.3 Å². The highest BCUT2D eigenvalue weighted by Gasteiger charge is 2.24. The molecule has 0 aliphatic carbocycles. The fourth-order valence-electron chi connectivity index (χ4n) is 2.33. The van der Waals surface area contributed by atoms with Crippen LogP contribution in [0.4, 0.5) is 0 Å². The number of carbonyl (C=O) groups excluding carboxylic acids is 2. The smallest absolute Gasteiger partial charge is 0.276 e. The maximum absolute atomic E-state index is 11.9. The van der Waals surface area contributed by atoms with Crippen molar-refractivity contribution in [1.82, 2.24) is 10.4 Å². The van der Waals surface area contributed by atoms with Crippen LogP contribution in [-0.2, 0) is 9.59 Å². The van der Waals surface area contributed by atoms with Crippen LogP contribution < -0.4 is 5.32 Å². The predicted molar refractivity (Wildman–Crippen MR) is 104 cm³/mol. The van der Waals surface area contributed by atoms with E-state index >= 15 is 0 Å². The summed E-state index contributed by atoms with van der Waals surface area (Å²) in [6.45, 7) is 3.30. The lowest BCUT2D eigenvalue weighted by Gasteiger charge is -2.20. The van der Waals surface area contributed by atoms with Crippen LogP contribution in [0.2, 0.25) is 0 Å². The number of hydroxylamine groups is 2. The normalized spacial score (nSPS) is 12.1. The van der Waals surface area contributed by atoms with Crippen molar-refractivity contribution in [2.24, 2.45) is 5.92 Å². The molecule has 1 aromatic rings. The fraction of sp³-hybridized carbons (Fsp3) is 0.429. The summed E-state index contributed by atoms with van der Waals surface area (Å²) in [5, 5.41) is 31.5. The minimum atomic E-state index is -1.71. The van der Waals surface area contributed by atoms with Crippen LogP contribution in [0.3, 0.4) is 0 Å². The lowest BCUT2D eigenvalue weighted by atomic mass is 10.0. The number of rotatable bonds is 8. The molecule has 0 aliphatic heterocycles. The Labute approximate surface area is 165 Å². The SMILES string of the molecule is CC(C)CC(CO)NC(=O)CC(O)C(=O)N(O)CC#CC#Cc1ccccc1. The topological polar surface area (TPSA) is 110 Å². The molecular weight excluding hydrogens is 360 g/mol. The molecule has 2 unspecified atom stereocenters. The predicted octanol–water partition coefficient (Wildman–Crippen LogP) is 0.534. The van der Waals surface area contributed by atoms with Crippen molar-refractivity contribution in [3.05, 3.63) is 35.9 Å². The summed E-state index contributed by atoms with van der Waals surface area (Å²) in [5.41, 5.74) is 0.786. The second-order valence-corrected chi connectivity index (χ2v) is 6.61. The third-order valence-electron chi connectivity index (χ3n) is 3.62. The van der Waals surface area contributed by atoms with Crippen molar-refractivity contribution in [3.63, 3.8) is 0 Å². The van der Waals surface area contributed by atoms with E-state index in [1.807, 2.05) is 44.2 Å². The maximum Gasteiger partial charge on any atom is 0.276 e. The molecule has 2 amide bonds. The van der Waals surface area contributed by atoms with Crippen molar-refractivity contribution < 1.29 is 25.0 Å². The first-order valence-corrected chi connectivity index (χ1v) is 8.96. The highest BCUT2D eigenvalue weighted by atomic mass is 16.5. The molecule has 0 aromatic heterocycles. The third-order valence-corrected chi connectivity index (χ3v) is 3.62. The Morgan fingerprint density at radius 2 is 1.86 bits per heavy atom. The van der Waals surface area contributed by atoms with Gasteiger partial charge in [0.2, 0.25) is 5.91 Å². The Balaban J connectivity index is 2.46. The summed E-state index contributed by atoms with van der Waals surface area (Å²) in [5.74, 6) is 9.02. The number of nitrogens with zero attached hydrogens (tertiary/aromatic N) is 1. The molecule has 0 saturated carbocycles. The monoisotopic (exact) mass is 386 g/mol. The second-order valence-electron chi connectivity index (χ2n) is 6.61. The average Bonchev–Trinajstić information content (AvgIpc) is 2.66. The highest BCUT2D eigenvalue weighted by molar-refractivity contribution is 5.87. The highest BCUT2D eigenvalue weighted by Crippen LogP contribution is 2.05. The molecule has 0 bridgehead atoms. The van der Waals surface area contributed by atoms with Crippen molar-refractivity contribution in [1.29, 1.82) is 0 Å². The Morgan fingerprint density at radius 3 is 2.46 bits per heavy atom. The third kappa shape index (κ3) is 9.20. The van der Waals surface area contributed by atoms with E-state index < -0.39 is 30.4 Å². The Hall–Kier alpha value is -2.84. The van der Waals surface area contributed by atoms with Gasteiger partial charge in [-0.15, -0.1) is 0 Å². The van der Waals surface area contributed by atoms with E-state index in [4.69, 9.17) is 0 Å². The van der Waals surface area contributed by atoms with Gasteiger partial charge < -0.3 is 15.5 Å². The zero-order valence-electron chi connectivity index (χ0n) is 16.1. The molecule has 4 N–H and O–H groups in total. The van der Waals surface area contributed by atoms with Crippen molar-refractivity contribution in [3.8, 4) is 23.7 Å². The Bertz CT molecular complexity index is 756. The molecule has 0 saturated heterocycles. The number of amides is 2. The van der Waals surface area contributed by atoms with Gasteiger partial charge in [-0.3, -0.25) is 14.8 Å². The molecule has 150 valence electrons. The number of hydrogen-bond donors (Lipinski definition) is 4. The average molecular weight is 386 g/mol. The summed E-state index contributed by atoms with van der Waals surface area (Å²) < 4.78 is 0. The van der Waals surface area contributed by atoms with Crippen LogP contribution in [0, 0.1) is 29.6 Å². The van der Waals surface area contributed by atoms with Crippen LogP contribution in [0.15, 0.2) is 30.3 Å². The lowest BCUT2D eigenvalue weighted by molar-refractivity contribution is -0.173. The van der Waals surface area contributed by atoms with Gasteiger partial charge in [0.05, 0.1) is 19.1 Å². The van der Waals surface area contributed by atoms with E-state index in [1.54, 1.807) is 0 Å².